The molecular weight excluding hydrogens is 314 g/mol. The number of benzene rings is 1. The average Bonchev–Trinajstić information content (AvgIpc) is 2.80. The van der Waals surface area contributed by atoms with Crippen LogP contribution in [0.1, 0.15) is 12.8 Å². The molecule has 3 rings (SSSR count). The molecule has 1 amide bonds. The molecule has 2 heterocycles. The summed E-state index contributed by atoms with van der Waals surface area (Å²) in [5.74, 6) is -0.357. The van der Waals surface area contributed by atoms with Gasteiger partial charge in [0, 0.05) is 13.1 Å². The zero-order chi connectivity index (χ0) is 15.2. The number of nitrogens with one attached hydrogen (secondary N) is 1. The van der Waals surface area contributed by atoms with E-state index < -0.39 is 10.0 Å². The van der Waals surface area contributed by atoms with Crippen LogP contribution in [0, 0.1) is 5.92 Å². The van der Waals surface area contributed by atoms with E-state index in [4.69, 9.17) is 17.3 Å². The van der Waals surface area contributed by atoms with Crippen molar-refractivity contribution in [1.29, 1.82) is 0 Å². The van der Waals surface area contributed by atoms with E-state index in [1.54, 1.807) is 6.07 Å². The van der Waals surface area contributed by atoms with Gasteiger partial charge in [0.15, 0.2) is 0 Å². The second-order valence-electron chi connectivity index (χ2n) is 5.34. The predicted octanol–water partition coefficient (Wildman–Crippen LogP) is 0.821. The quantitative estimate of drug-likeness (QED) is 0.786. The minimum absolute atomic E-state index is 0.0633. The lowest BCUT2D eigenvalue weighted by molar-refractivity contribution is -0.123. The van der Waals surface area contributed by atoms with E-state index in [1.165, 1.54) is 16.4 Å². The Bertz CT molecular complexity index is 672. The van der Waals surface area contributed by atoms with Gasteiger partial charge in [-0.2, -0.15) is 4.31 Å². The maximum atomic E-state index is 12.9. The first kappa shape index (κ1) is 14.6. The number of nitrogen functional groups attached to an aromatic ring is 1. The Morgan fingerprint density at radius 2 is 2.14 bits per heavy atom. The summed E-state index contributed by atoms with van der Waals surface area (Å²) < 4.78 is 27.2. The lowest BCUT2D eigenvalue weighted by atomic mass is 9.93. The van der Waals surface area contributed by atoms with E-state index in [1.807, 2.05) is 0 Å². The van der Waals surface area contributed by atoms with Crippen LogP contribution in [0.2, 0.25) is 5.02 Å². The number of anilines is 1. The van der Waals surface area contributed by atoms with Crippen LogP contribution in [0.3, 0.4) is 0 Å². The number of carbonyl (C=O) groups is 1. The fourth-order valence-electron chi connectivity index (χ4n) is 3.13. The fraction of sp³-hybridized carbons (Fsp3) is 0.462. The number of hydrogen-bond donors (Lipinski definition) is 2. The maximum Gasteiger partial charge on any atom is 0.246 e. The number of fused-ring (bicyclic) bond motifs is 1. The van der Waals surface area contributed by atoms with Gasteiger partial charge in [0.1, 0.15) is 4.90 Å². The van der Waals surface area contributed by atoms with Crippen molar-refractivity contribution < 1.29 is 13.2 Å². The molecule has 21 heavy (non-hydrogen) atoms. The molecule has 2 atom stereocenters. The Hall–Kier alpha value is -1.31. The van der Waals surface area contributed by atoms with E-state index in [9.17, 15) is 13.2 Å². The molecule has 6 nitrogen and oxygen atoms in total. The van der Waals surface area contributed by atoms with Crippen molar-refractivity contribution in [2.24, 2.45) is 5.92 Å². The highest BCUT2D eigenvalue weighted by atomic mass is 35.5. The van der Waals surface area contributed by atoms with Gasteiger partial charge in [0.25, 0.3) is 0 Å². The molecule has 114 valence electrons. The highest BCUT2D eigenvalue weighted by Crippen LogP contribution is 2.36. The van der Waals surface area contributed by atoms with Gasteiger partial charge >= 0.3 is 0 Å². The number of halogens is 1. The van der Waals surface area contributed by atoms with E-state index >= 15 is 0 Å². The number of rotatable bonds is 2. The van der Waals surface area contributed by atoms with Gasteiger partial charge in [0.05, 0.1) is 22.7 Å². The van der Waals surface area contributed by atoms with Crippen molar-refractivity contribution >= 4 is 33.2 Å². The van der Waals surface area contributed by atoms with Gasteiger partial charge in [-0.05, 0) is 25.0 Å². The normalized spacial score (nSPS) is 26.4. The van der Waals surface area contributed by atoms with Gasteiger partial charge in [0.2, 0.25) is 15.9 Å². The number of carbonyl (C=O) groups excluding carboxylic acids is 1. The van der Waals surface area contributed by atoms with Crippen LogP contribution in [0.25, 0.3) is 0 Å². The largest absolute Gasteiger partial charge is 0.398 e. The molecule has 2 unspecified atom stereocenters. The van der Waals surface area contributed by atoms with E-state index in [0.717, 1.165) is 0 Å². The minimum Gasteiger partial charge on any atom is -0.398 e. The van der Waals surface area contributed by atoms with Crippen LogP contribution in [-0.4, -0.2) is 37.8 Å². The van der Waals surface area contributed by atoms with Gasteiger partial charge in [-0.1, -0.05) is 17.7 Å². The van der Waals surface area contributed by atoms with Crippen LogP contribution in [0.4, 0.5) is 5.69 Å². The molecule has 3 N–H and O–H groups in total. The van der Waals surface area contributed by atoms with Crippen molar-refractivity contribution in [1.82, 2.24) is 9.62 Å². The Labute approximate surface area is 128 Å². The van der Waals surface area contributed by atoms with Gasteiger partial charge in [-0.3, -0.25) is 4.79 Å². The Morgan fingerprint density at radius 3 is 2.86 bits per heavy atom. The number of piperidine rings is 1. The standard InChI is InChI=1S/C13H16ClN3O3S/c14-9-4-1-5-10(15)12(9)21(19,20)17-6-2-3-8-11(17)7-16-13(8)18/h1,4-5,8,11H,2-3,6-7,15H2,(H,16,18). The molecule has 2 aliphatic heterocycles. The molecule has 0 saturated carbocycles. The molecular formula is C13H16ClN3O3S. The first-order valence-corrected chi connectivity index (χ1v) is 8.58. The van der Waals surface area contributed by atoms with Gasteiger partial charge in [-0.25, -0.2) is 8.42 Å². The van der Waals surface area contributed by atoms with Gasteiger partial charge in [-0.15, -0.1) is 0 Å². The summed E-state index contributed by atoms with van der Waals surface area (Å²) in [5.41, 5.74) is 5.93. The summed E-state index contributed by atoms with van der Waals surface area (Å²) >= 11 is 6.04. The van der Waals surface area contributed by atoms with Crippen molar-refractivity contribution in [2.45, 2.75) is 23.8 Å². The molecule has 0 radical (unpaired) electrons. The molecule has 0 spiro atoms. The van der Waals surface area contributed by atoms with E-state index in [2.05, 4.69) is 5.32 Å². The molecule has 2 fully saturated rings. The highest BCUT2D eigenvalue weighted by molar-refractivity contribution is 7.89. The summed E-state index contributed by atoms with van der Waals surface area (Å²) in [6, 6.07) is 4.27. The number of amides is 1. The average molecular weight is 330 g/mol. The summed E-state index contributed by atoms with van der Waals surface area (Å²) in [6.45, 7) is 0.718. The van der Waals surface area contributed by atoms with Gasteiger partial charge < -0.3 is 11.1 Å². The predicted molar refractivity (Wildman–Crippen MR) is 79.3 cm³/mol. The Balaban J connectivity index is 2.04. The molecule has 2 aliphatic rings. The van der Waals surface area contributed by atoms with Crippen molar-refractivity contribution in [3.05, 3.63) is 23.2 Å². The first-order valence-electron chi connectivity index (χ1n) is 6.76. The number of nitrogens with zero attached hydrogens (tertiary/aromatic N) is 1. The molecule has 8 heteroatoms. The monoisotopic (exact) mass is 329 g/mol. The third kappa shape index (κ3) is 2.29. The zero-order valence-corrected chi connectivity index (χ0v) is 12.8. The SMILES string of the molecule is Nc1cccc(Cl)c1S(=O)(=O)N1CCCC2C(=O)NCC21. The van der Waals surface area contributed by atoms with Crippen molar-refractivity contribution in [3.8, 4) is 0 Å². The molecule has 1 aromatic rings. The first-order chi connectivity index (χ1) is 9.93. The fourth-order valence-corrected chi connectivity index (χ4v) is 5.46. The molecule has 0 aromatic heterocycles. The van der Waals surface area contributed by atoms with Crippen LogP contribution < -0.4 is 11.1 Å². The lowest BCUT2D eigenvalue weighted by Crippen LogP contribution is -2.48. The van der Waals surface area contributed by atoms with Crippen LogP contribution in [0.15, 0.2) is 23.1 Å². The zero-order valence-electron chi connectivity index (χ0n) is 11.3. The smallest absolute Gasteiger partial charge is 0.246 e. The van der Waals surface area contributed by atoms with Crippen LogP contribution in [-0.2, 0) is 14.8 Å². The topological polar surface area (TPSA) is 92.5 Å². The van der Waals surface area contributed by atoms with Crippen LogP contribution in [0.5, 0.6) is 0 Å². The summed E-state index contributed by atoms with van der Waals surface area (Å²) in [7, 11) is -3.82. The number of nitrogens with two attached hydrogens (primary N) is 1. The maximum absolute atomic E-state index is 12.9. The molecule has 1 aromatic carbocycles. The number of sulfonamides is 1. The van der Waals surface area contributed by atoms with E-state index in [-0.39, 0.29) is 33.5 Å². The summed E-state index contributed by atoms with van der Waals surface area (Å²) in [6.07, 6.45) is 1.36. The third-order valence-corrected chi connectivity index (χ3v) is 6.58. The summed E-state index contributed by atoms with van der Waals surface area (Å²) in [5, 5.41) is 2.84. The van der Waals surface area contributed by atoms with Crippen LogP contribution >= 0.6 is 11.6 Å². The number of hydrogen-bond acceptors (Lipinski definition) is 4. The lowest BCUT2D eigenvalue weighted by Gasteiger charge is -2.35. The molecule has 0 bridgehead atoms. The van der Waals surface area contributed by atoms with Crippen molar-refractivity contribution in [2.75, 3.05) is 18.8 Å². The second-order valence-corrected chi connectivity index (χ2v) is 7.57. The van der Waals surface area contributed by atoms with E-state index in [0.29, 0.717) is 25.9 Å². The minimum atomic E-state index is -3.82. The second kappa shape index (κ2) is 5.15. The Morgan fingerprint density at radius 1 is 1.38 bits per heavy atom. The third-order valence-electron chi connectivity index (χ3n) is 4.11. The van der Waals surface area contributed by atoms with Crippen molar-refractivity contribution in [3.63, 3.8) is 0 Å². The Kier molecular flexibility index (Phi) is 3.59. The summed E-state index contributed by atoms with van der Waals surface area (Å²) in [4.78, 5) is 11.7. The molecule has 2 saturated heterocycles. The molecule has 0 aliphatic carbocycles. The highest BCUT2D eigenvalue weighted by Gasteiger charge is 2.46.